The molecule has 5 nitrogen and oxygen atoms in total. The number of hydrogen-bond acceptors (Lipinski definition) is 4. The van der Waals surface area contributed by atoms with Crippen molar-refractivity contribution >= 4 is 17.7 Å². The molecule has 1 N–H and O–H groups in total. The molecule has 2 rings (SSSR count). The van der Waals surface area contributed by atoms with Gasteiger partial charge in [0.2, 0.25) is 0 Å². The number of anilines is 1. The number of carbonyl (C=O) groups excluding carboxylic acids is 1. The minimum absolute atomic E-state index is 0.00157. The van der Waals surface area contributed by atoms with Crippen LogP contribution in [0.15, 0.2) is 64.8 Å². The van der Waals surface area contributed by atoms with Crippen molar-refractivity contribution in [1.82, 2.24) is 0 Å². The summed E-state index contributed by atoms with van der Waals surface area (Å²) in [7, 11) is 0. The maximum atomic E-state index is 12.1. The lowest BCUT2D eigenvalue weighted by Crippen LogP contribution is -2.13. The highest BCUT2D eigenvalue weighted by atomic mass is 16.5. The van der Waals surface area contributed by atoms with Crippen LogP contribution in [-0.4, -0.2) is 12.5 Å². The molecule has 1 amide bonds. The van der Waals surface area contributed by atoms with Crippen LogP contribution in [0.3, 0.4) is 0 Å². The van der Waals surface area contributed by atoms with Gasteiger partial charge in [-0.05, 0) is 55.5 Å². The van der Waals surface area contributed by atoms with Crippen molar-refractivity contribution in [3.8, 4) is 11.8 Å². The SMILES string of the molecule is CCOc1ccc(NC(=O)/C(C#N)=C/C=C/c2ccco2)cc1. The highest BCUT2D eigenvalue weighted by Crippen LogP contribution is 2.16. The second-order valence-electron chi connectivity index (χ2n) is 4.48. The third-order valence-corrected chi connectivity index (χ3v) is 2.85. The fraction of sp³-hybridized carbons (Fsp3) is 0.111. The smallest absolute Gasteiger partial charge is 0.266 e. The summed E-state index contributed by atoms with van der Waals surface area (Å²) in [6.45, 7) is 2.48. The Bertz CT molecular complexity index is 736. The van der Waals surface area contributed by atoms with Gasteiger partial charge in [0.05, 0.1) is 12.9 Å². The van der Waals surface area contributed by atoms with Gasteiger partial charge >= 0.3 is 0 Å². The van der Waals surface area contributed by atoms with Crippen molar-refractivity contribution in [3.63, 3.8) is 0 Å². The molecule has 0 atom stereocenters. The van der Waals surface area contributed by atoms with Crippen molar-refractivity contribution in [2.75, 3.05) is 11.9 Å². The normalized spacial score (nSPS) is 11.2. The number of furan rings is 1. The summed E-state index contributed by atoms with van der Waals surface area (Å²) < 4.78 is 10.5. The molecule has 23 heavy (non-hydrogen) atoms. The van der Waals surface area contributed by atoms with E-state index >= 15 is 0 Å². The van der Waals surface area contributed by atoms with Gasteiger partial charge in [-0.25, -0.2) is 0 Å². The zero-order valence-corrected chi connectivity index (χ0v) is 12.7. The highest BCUT2D eigenvalue weighted by Gasteiger charge is 2.08. The number of hydrogen-bond donors (Lipinski definition) is 1. The van der Waals surface area contributed by atoms with E-state index in [1.807, 2.05) is 13.0 Å². The summed E-state index contributed by atoms with van der Waals surface area (Å²) in [5, 5.41) is 11.8. The molecular formula is C18H16N2O3. The van der Waals surface area contributed by atoms with Gasteiger partial charge in [-0.15, -0.1) is 0 Å². The van der Waals surface area contributed by atoms with Crippen molar-refractivity contribution in [2.45, 2.75) is 6.92 Å². The molecular weight excluding hydrogens is 292 g/mol. The van der Waals surface area contributed by atoms with Crippen LogP contribution >= 0.6 is 0 Å². The second kappa shape index (κ2) is 8.25. The Morgan fingerprint density at radius 1 is 1.35 bits per heavy atom. The standard InChI is InChI=1S/C18H16N2O3/c1-2-22-17-10-8-15(9-11-17)20-18(21)14(13-19)5-3-6-16-7-4-12-23-16/h3-12H,2H2,1H3,(H,20,21)/b6-3+,14-5+. The number of ether oxygens (including phenoxy) is 1. The number of nitriles is 1. The molecule has 0 fully saturated rings. The van der Waals surface area contributed by atoms with E-state index < -0.39 is 5.91 Å². The van der Waals surface area contributed by atoms with Gasteiger partial charge in [0.15, 0.2) is 0 Å². The number of benzene rings is 1. The van der Waals surface area contributed by atoms with E-state index in [0.29, 0.717) is 18.1 Å². The van der Waals surface area contributed by atoms with Crippen LogP contribution in [0, 0.1) is 11.3 Å². The summed E-state index contributed by atoms with van der Waals surface area (Å²) in [6.07, 6.45) is 6.25. The number of nitrogens with zero attached hydrogens (tertiary/aromatic N) is 1. The van der Waals surface area contributed by atoms with Gasteiger partial charge in [-0.3, -0.25) is 4.79 Å². The molecule has 5 heteroatoms. The first-order chi connectivity index (χ1) is 11.2. The molecule has 0 saturated heterocycles. The topological polar surface area (TPSA) is 75.3 Å². The molecule has 1 heterocycles. The van der Waals surface area contributed by atoms with Crippen molar-refractivity contribution in [2.24, 2.45) is 0 Å². The van der Waals surface area contributed by atoms with Crippen LogP contribution in [0.25, 0.3) is 6.08 Å². The predicted molar refractivity (Wildman–Crippen MR) is 87.7 cm³/mol. The van der Waals surface area contributed by atoms with Crippen LogP contribution in [0.2, 0.25) is 0 Å². The number of amides is 1. The van der Waals surface area contributed by atoms with E-state index in [9.17, 15) is 4.79 Å². The Balaban J connectivity index is 2.00. The summed E-state index contributed by atoms with van der Waals surface area (Å²) in [5.74, 6) is 0.897. The van der Waals surface area contributed by atoms with Crippen molar-refractivity contribution in [1.29, 1.82) is 5.26 Å². The summed E-state index contributed by atoms with van der Waals surface area (Å²) in [4.78, 5) is 12.1. The van der Waals surface area contributed by atoms with Crippen LogP contribution in [-0.2, 0) is 4.79 Å². The van der Waals surface area contributed by atoms with Crippen molar-refractivity contribution in [3.05, 3.63) is 66.1 Å². The first-order valence-corrected chi connectivity index (χ1v) is 7.09. The lowest BCUT2D eigenvalue weighted by molar-refractivity contribution is -0.112. The Hall–Kier alpha value is -3.26. The molecule has 0 aliphatic carbocycles. The largest absolute Gasteiger partial charge is 0.494 e. The van der Waals surface area contributed by atoms with Gasteiger partial charge in [0.1, 0.15) is 23.2 Å². The van der Waals surface area contributed by atoms with Crippen LogP contribution in [0.1, 0.15) is 12.7 Å². The maximum Gasteiger partial charge on any atom is 0.266 e. The monoisotopic (exact) mass is 308 g/mol. The van der Waals surface area contributed by atoms with Crippen LogP contribution in [0.4, 0.5) is 5.69 Å². The number of allylic oxidation sites excluding steroid dienone is 2. The summed E-state index contributed by atoms with van der Waals surface area (Å²) >= 11 is 0. The minimum Gasteiger partial charge on any atom is -0.494 e. The molecule has 0 bridgehead atoms. The molecule has 0 spiro atoms. The van der Waals surface area contributed by atoms with Crippen LogP contribution in [0.5, 0.6) is 5.75 Å². The molecule has 0 aliphatic heterocycles. The Morgan fingerprint density at radius 3 is 2.74 bits per heavy atom. The maximum absolute atomic E-state index is 12.1. The molecule has 2 aromatic rings. The minimum atomic E-state index is -0.472. The zero-order chi connectivity index (χ0) is 16.5. The molecule has 0 saturated carbocycles. The van der Waals surface area contributed by atoms with Gasteiger partial charge in [0.25, 0.3) is 5.91 Å². The highest BCUT2D eigenvalue weighted by molar-refractivity contribution is 6.06. The number of carbonyl (C=O) groups is 1. The van der Waals surface area contributed by atoms with E-state index in [4.69, 9.17) is 14.4 Å². The number of nitrogens with one attached hydrogen (secondary N) is 1. The average Bonchev–Trinajstić information content (AvgIpc) is 3.07. The van der Waals surface area contributed by atoms with E-state index in [-0.39, 0.29) is 5.57 Å². The summed E-state index contributed by atoms with van der Waals surface area (Å²) in [5.41, 5.74) is 0.594. The lowest BCUT2D eigenvalue weighted by Gasteiger charge is -2.06. The van der Waals surface area contributed by atoms with Crippen LogP contribution < -0.4 is 10.1 Å². The first-order valence-electron chi connectivity index (χ1n) is 7.09. The zero-order valence-electron chi connectivity index (χ0n) is 12.7. The molecule has 1 aromatic heterocycles. The Morgan fingerprint density at radius 2 is 2.13 bits per heavy atom. The van der Waals surface area contributed by atoms with E-state index in [1.165, 1.54) is 6.08 Å². The third kappa shape index (κ3) is 4.90. The van der Waals surface area contributed by atoms with Gasteiger partial charge in [-0.2, -0.15) is 5.26 Å². The predicted octanol–water partition coefficient (Wildman–Crippen LogP) is 3.78. The third-order valence-electron chi connectivity index (χ3n) is 2.85. The Labute approximate surface area is 134 Å². The van der Waals surface area contributed by atoms with E-state index in [0.717, 1.165) is 5.75 Å². The molecule has 1 aromatic carbocycles. The average molecular weight is 308 g/mol. The Kier molecular flexibility index (Phi) is 5.78. The molecule has 0 radical (unpaired) electrons. The van der Waals surface area contributed by atoms with Crippen molar-refractivity contribution < 1.29 is 13.9 Å². The molecule has 116 valence electrons. The fourth-order valence-corrected chi connectivity index (χ4v) is 1.79. The quantitative estimate of drug-likeness (QED) is 0.500. The van der Waals surface area contributed by atoms with E-state index in [1.54, 1.807) is 54.8 Å². The van der Waals surface area contributed by atoms with Gasteiger partial charge in [-0.1, -0.05) is 6.08 Å². The van der Waals surface area contributed by atoms with Gasteiger partial charge in [0, 0.05) is 5.69 Å². The van der Waals surface area contributed by atoms with Gasteiger partial charge < -0.3 is 14.5 Å². The van der Waals surface area contributed by atoms with E-state index in [2.05, 4.69) is 5.32 Å². The number of rotatable bonds is 6. The lowest BCUT2D eigenvalue weighted by atomic mass is 10.2. The molecule has 0 unspecified atom stereocenters. The first kappa shape index (κ1) is 16.1. The summed E-state index contributed by atoms with van der Waals surface area (Å²) in [6, 6.07) is 12.4. The second-order valence-corrected chi connectivity index (χ2v) is 4.48. The fourth-order valence-electron chi connectivity index (χ4n) is 1.79. The molecule has 0 aliphatic rings.